The van der Waals surface area contributed by atoms with Crippen molar-refractivity contribution in [1.82, 2.24) is 19.3 Å². The van der Waals surface area contributed by atoms with Crippen molar-refractivity contribution in [1.29, 1.82) is 0 Å². The molecule has 7 heteroatoms. The normalized spacial score (nSPS) is 13.0. The van der Waals surface area contributed by atoms with E-state index in [1.165, 1.54) is 6.07 Å². The molecule has 21 heavy (non-hydrogen) atoms. The Balaban J connectivity index is 2.09. The average molecular weight is 372 g/mol. The number of rotatable bonds is 4. The number of nitrogens with zero attached hydrogens (tertiary/aromatic N) is 4. The van der Waals surface area contributed by atoms with Crippen LogP contribution in [-0.4, -0.2) is 19.3 Å². The van der Waals surface area contributed by atoms with Gasteiger partial charge in [-0.25, -0.2) is 9.37 Å². The molecule has 0 N–H and O–H groups in total. The lowest BCUT2D eigenvalue weighted by Gasteiger charge is -2.17. The Kier molecular flexibility index (Phi) is 3.99. The lowest BCUT2D eigenvalue weighted by atomic mass is 10.2. The van der Waals surface area contributed by atoms with Crippen LogP contribution >= 0.6 is 27.5 Å². The lowest BCUT2D eigenvalue weighted by Crippen LogP contribution is -2.15. The van der Waals surface area contributed by atoms with E-state index in [1.54, 1.807) is 12.3 Å². The van der Waals surface area contributed by atoms with Gasteiger partial charge in [-0.3, -0.25) is 4.68 Å². The zero-order valence-corrected chi connectivity index (χ0v) is 13.6. The number of imidazole rings is 1. The van der Waals surface area contributed by atoms with E-state index >= 15 is 0 Å². The molecule has 2 heterocycles. The van der Waals surface area contributed by atoms with Crippen LogP contribution in [-0.2, 0) is 12.4 Å². The first kappa shape index (κ1) is 14.5. The summed E-state index contributed by atoms with van der Waals surface area (Å²) in [7, 11) is 0. The standard InChI is InChI=1S/C14H13BrClFN4/c1-9(8-20-4-2-3-18-20)21-13-6-11(17)10(15)5-12(13)19-14(21)7-16/h2-6,9H,7-8H2,1H3. The second-order valence-electron chi connectivity index (χ2n) is 4.86. The summed E-state index contributed by atoms with van der Waals surface area (Å²) in [6, 6.07) is 5.10. The lowest BCUT2D eigenvalue weighted by molar-refractivity contribution is 0.437. The topological polar surface area (TPSA) is 35.6 Å². The number of halogens is 3. The molecule has 0 fully saturated rings. The van der Waals surface area contributed by atoms with Crippen LogP contribution in [0, 0.1) is 5.82 Å². The van der Waals surface area contributed by atoms with Gasteiger partial charge in [-0.2, -0.15) is 5.10 Å². The fraction of sp³-hybridized carbons (Fsp3) is 0.286. The zero-order chi connectivity index (χ0) is 15.0. The van der Waals surface area contributed by atoms with Gasteiger partial charge >= 0.3 is 0 Å². The Morgan fingerprint density at radius 2 is 2.24 bits per heavy atom. The number of aromatic nitrogens is 4. The van der Waals surface area contributed by atoms with Gasteiger partial charge in [0.25, 0.3) is 0 Å². The van der Waals surface area contributed by atoms with Gasteiger partial charge in [-0.15, -0.1) is 11.6 Å². The maximum absolute atomic E-state index is 13.8. The van der Waals surface area contributed by atoms with E-state index in [2.05, 4.69) is 26.0 Å². The van der Waals surface area contributed by atoms with E-state index in [0.29, 0.717) is 11.0 Å². The molecule has 0 radical (unpaired) electrons. The predicted molar refractivity (Wildman–Crippen MR) is 83.9 cm³/mol. The van der Waals surface area contributed by atoms with Crippen molar-refractivity contribution in [3.05, 3.63) is 46.7 Å². The van der Waals surface area contributed by atoms with Gasteiger partial charge in [-0.1, -0.05) is 0 Å². The molecule has 3 aromatic rings. The quantitative estimate of drug-likeness (QED) is 0.646. The molecule has 0 saturated carbocycles. The van der Waals surface area contributed by atoms with Crippen LogP contribution in [0.1, 0.15) is 18.8 Å². The summed E-state index contributed by atoms with van der Waals surface area (Å²) in [5.74, 6) is 0.692. The van der Waals surface area contributed by atoms with Crippen molar-refractivity contribution in [2.45, 2.75) is 25.4 Å². The molecule has 1 unspecified atom stereocenters. The fourth-order valence-electron chi connectivity index (χ4n) is 2.49. The van der Waals surface area contributed by atoms with Crippen molar-refractivity contribution in [2.75, 3.05) is 0 Å². The molecule has 0 saturated heterocycles. The molecular weight excluding hydrogens is 359 g/mol. The largest absolute Gasteiger partial charge is 0.322 e. The van der Waals surface area contributed by atoms with Crippen LogP contribution in [0.15, 0.2) is 35.1 Å². The van der Waals surface area contributed by atoms with E-state index < -0.39 is 0 Å². The third-order valence-electron chi connectivity index (χ3n) is 3.38. The molecule has 0 aliphatic heterocycles. The van der Waals surface area contributed by atoms with Crippen molar-refractivity contribution >= 4 is 38.6 Å². The van der Waals surface area contributed by atoms with Crippen LogP contribution in [0.25, 0.3) is 11.0 Å². The molecule has 0 amide bonds. The number of alkyl halides is 1. The molecule has 110 valence electrons. The monoisotopic (exact) mass is 370 g/mol. The summed E-state index contributed by atoms with van der Waals surface area (Å²) in [5, 5.41) is 4.20. The highest BCUT2D eigenvalue weighted by molar-refractivity contribution is 9.10. The van der Waals surface area contributed by atoms with Crippen LogP contribution in [0.2, 0.25) is 0 Å². The Morgan fingerprint density at radius 1 is 1.43 bits per heavy atom. The molecule has 0 aliphatic rings. The first-order valence-electron chi connectivity index (χ1n) is 6.49. The second kappa shape index (κ2) is 5.77. The van der Waals surface area contributed by atoms with Gasteiger partial charge in [0.1, 0.15) is 11.6 Å². The highest BCUT2D eigenvalue weighted by atomic mass is 79.9. The first-order valence-corrected chi connectivity index (χ1v) is 7.82. The second-order valence-corrected chi connectivity index (χ2v) is 5.99. The Morgan fingerprint density at radius 3 is 2.90 bits per heavy atom. The SMILES string of the molecule is CC(Cn1cccn1)n1c(CCl)nc2cc(Br)c(F)cc21. The zero-order valence-electron chi connectivity index (χ0n) is 11.3. The summed E-state index contributed by atoms with van der Waals surface area (Å²) in [5.41, 5.74) is 1.47. The van der Waals surface area contributed by atoms with E-state index in [1.807, 2.05) is 28.4 Å². The summed E-state index contributed by atoms with van der Waals surface area (Å²) < 4.78 is 18.1. The van der Waals surface area contributed by atoms with Crippen molar-refractivity contribution in [3.8, 4) is 0 Å². The van der Waals surface area contributed by atoms with E-state index in [4.69, 9.17) is 11.6 Å². The summed E-state index contributed by atoms with van der Waals surface area (Å²) in [4.78, 5) is 4.49. The molecule has 2 aromatic heterocycles. The minimum Gasteiger partial charge on any atom is -0.322 e. The minimum atomic E-state index is -0.309. The van der Waals surface area contributed by atoms with E-state index in [9.17, 15) is 4.39 Å². The van der Waals surface area contributed by atoms with Gasteiger partial charge in [-0.05, 0) is 35.0 Å². The van der Waals surface area contributed by atoms with Crippen LogP contribution in [0.5, 0.6) is 0 Å². The predicted octanol–water partition coefficient (Wildman–Crippen LogP) is 4.13. The molecule has 1 atom stereocenters. The van der Waals surface area contributed by atoms with Gasteiger partial charge in [0.05, 0.1) is 34.0 Å². The molecule has 0 spiro atoms. The third kappa shape index (κ3) is 2.70. The van der Waals surface area contributed by atoms with Gasteiger partial charge in [0, 0.05) is 18.5 Å². The van der Waals surface area contributed by atoms with Gasteiger partial charge in [0.2, 0.25) is 0 Å². The highest BCUT2D eigenvalue weighted by Crippen LogP contribution is 2.27. The third-order valence-corrected chi connectivity index (χ3v) is 4.22. The van der Waals surface area contributed by atoms with Crippen LogP contribution in [0.3, 0.4) is 0 Å². The molecule has 4 nitrogen and oxygen atoms in total. The highest BCUT2D eigenvalue weighted by Gasteiger charge is 2.17. The molecule has 0 bridgehead atoms. The Hall–Kier alpha value is -1.40. The van der Waals surface area contributed by atoms with Crippen molar-refractivity contribution in [2.24, 2.45) is 0 Å². The Bertz CT molecular complexity index is 769. The minimum absolute atomic E-state index is 0.0595. The molecule has 3 rings (SSSR count). The average Bonchev–Trinajstić information content (AvgIpc) is 3.06. The number of hydrogen-bond donors (Lipinski definition) is 0. The summed E-state index contributed by atoms with van der Waals surface area (Å²) >= 11 is 9.18. The van der Waals surface area contributed by atoms with Crippen LogP contribution < -0.4 is 0 Å². The maximum Gasteiger partial charge on any atom is 0.139 e. The van der Waals surface area contributed by atoms with Crippen LogP contribution in [0.4, 0.5) is 4.39 Å². The van der Waals surface area contributed by atoms with Gasteiger partial charge < -0.3 is 4.57 Å². The maximum atomic E-state index is 13.8. The van der Waals surface area contributed by atoms with Crippen molar-refractivity contribution < 1.29 is 4.39 Å². The number of benzene rings is 1. The van der Waals surface area contributed by atoms with E-state index in [-0.39, 0.29) is 17.7 Å². The summed E-state index contributed by atoms with van der Waals surface area (Å²) in [6.45, 7) is 2.71. The number of fused-ring (bicyclic) bond motifs is 1. The van der Waals surface area contributed by atoms with Gasteiger partial charge in [0.15, 0.2) is 0 Å². The smallest absolute Gasteiger partial charge is 0.139 e. The number of hydrogen-bond acceptors (Lipinski definition) is 2. The Labute approximate surface area is 134 Å². The molecular formula is C14H13BrClFN4. The summed E-state index contributed by atoms with van der Waals surface area (Å²) in [6.07, 6.45) is 3.63. The van der Waals surface area contributed by atoms with Crippen molar-refractivity contribution in [3.63, 3.8) is 0 Å². The molecule has 0 aliphatic carbocycles. The van der Waals surface area contributed by atoms with E-state index in [0.717, 1.165) is 16.9 Å². The molecule has 1 aromatic carbocycles. The fourth-order valence-corrected chi connectivity index (χ4v) is 3.01. The first-order chi connectivity index (χ1) is 10.1.